The summed E-state index contributed by atoms with van der Waals surface area (Å²) in [5.41, 5.74) is 8.47. The molecule has 1 amide bonds. The highest BCUT2D eigenvalue weighted by atomic mass is 19.4. The Kier molecular flexibility index (Phi) is 5.02. The van der Waals surface area contributed by atoms with E-state index < -0.39 is 17.8 Å². The Morgan fingerprint density at radius 2 is 2.07 bits per heavy atom. The lowest BCUT2D eigenvalue weighted by Gasteiger charge is -2.30. The van der Waals surface area contributed by atoms with E-state index in [0.29, 0.717) is 37.3 Å². The summed E-state index contributed by atoms with van der Waals surface area (Å²) in [4.78, 5) is 25.8. The number of hydrogen-bond acceptors (Lipinski definition) is 5. The summed E-state index contributed by atoms with van der Waals surface area (Å²) >= 11 is 0. The molecule has 4 rings (SSSR count). The highest BCUT2D eigenvalue weighted by molar-refractivity contribution is 5.91. The average molecular weight is 416 g/mol. The average Bonchev–Trinajstić information content (AvgIpc) is 3.12. The zero-order valence-corrected chi connectivity index (χ0v) is 16.1. The van der Waals surface area contributed by atoms with Crippen LogP contribution in [0.15, 0.2) is 36.9 Å². The van der Waals surface area contributed by atoms with E-state index in [2.05, 4.69) is 15.0 Å². The van der Waals surface area contributed by atoms with Crippen molar-refractivity contribution in [1.29, 1.82) is 0 Å². The Labute approximate surface area is 170 Å². The molecule has 1 aliphatic heterocycles. The number of nitrogens with zero attached hydrogens (tertiary/aromatic N) is 5. The summed E-state index contributed by atoms with van der Waals surface area (Å²) in [6.07, 6.45) is 0.824. The van der Waals surface area contributed by atoms with Gasteiger partial charge in [0, 0.05) is 37.6 Å². The highest BCUT2D eigenvalue weighted by Crippen LogP contribution is 2.29. The molecule has 10 heteroatoms. The Hall–Kier alpha value is -3.27. The minimum absolute atomic E-state index is 0.139. The number of nitrogens with two attached hydrogens (primary N) is 1. The molecule has 30 heavy (non-hydrogen) atoms. The second kappa shape index (κ2) is 7.52. The van der Waals surface area contributed by atoms with Crippen molar-refractivity contribution in [3.8, 4) is 5.69 Å². The highest BCUT2D eigenvalue weighted by Gasteiger charge is 2.32. The van der Waals surface area contributed by atoms with Crippen molar-refractivity contribution in [2.24, 2.45) is 5.73 Å². The van der Waals surface area contributed by atoms with E-state index in [0.717, 1.165) is 23.0 Å². The number of pyridine rings is 2. The Balaban J connectivity index is 1.64. The maximum atomic E-state index is 12.9. The first-order valence-electron chi connectivity index (χ1n) is 9.29. The van der Waals surface area contributed by atoms with Gasteiger partial charge in [-0.1, -0.05) is 0 Å². The number of hydrogen-bond donors (Lipinski definition) is 1. The molecule has 7 nitrogen and oxygen atoms in total. The monoisotopic (exact) mass is 416 g/mol. The quantitative estimate of drug-likeness (QED) is 0.706. The van der Waals surface area contributed by atoms with Crippen LogP contribution in [-0.2, 0) is 25.7 Å². The van der Waals surface area contributed by atoms with E-state index >= 15 is 0 Å². The standard InChI is InChI=1S/C20H19F3N6O/c1-12-8-29(11-26-12)17-7-15(19(24)30)27-16-10-28(5-3-14(16)17)9-13-2-4-25-18(6-13)20(21,22)23/h2,4,6-8,11H,3,5,9-10H2,1H3,(H2,24,30). The van der Waals surface area contributed by atoms with Crippen molar-refractivity contribution in [2.75, 3.05) is 6.54 Å². The summed E-state index contributed by atoms with van der Waals surface area (Å²) in [7, 11) is 0. The lowest BCUT2D eigenvalue weighted by atomic mass is 10.0. The summed E-state index contributed by atoms with van der Waals surface area (Å²) in [6, 6.07) is 4.27. The van der Waals surface area contributed by atoms with E-state index in [1.165, 1.54) is 6.20 Å². The fraction of sp³-hybridized carbons (Fsp3) is 0.300. The van der Waals surface area contributed by atoms with Crippen molar-refractivity contribution in [3.63, 3.8) is 0 Å². The summed E-state index contributed by atoms with van der Waals surface area (Å²) in [5.74, 6) is -0.642. The number of aryl methyl sites for hydroxylation is 1. The van der Waals surface area contributed by atoms with Crippen LogP contribution in [0.25, 0.3) is 5.69 Å². The summed E-state index contributed by atoms with van der Waals surface area (Å²) < 4.78 is 40.6. The third kappa shape index (κ3) is 4.04. The SMILES string of the molecule is Cc1cn(-c2cc(C(N)=O)nc3c2CCN(Cc2ccnc(C(F)(F)F)c2)C3)cn1. The predicted molar refractivity (Wildman–Crippen MR) is 102 cm³/mol. The summed E-state index contributed by atoms with van der Waals surface area (Å²) in [6.45, 7) is 3.20. The van der Waals surface area contributed by atoms with Gasteiger partial charge in [0.2, 0.25) is 0 Å². The molecule has 1 aliphatic rings. The molecule has 0 aliphatic carbocycles. The van der Waals surface area contributed by atoms with E-state index in [1.807, 2.05) is 22.6 Å². The smallest absolute Gasteiger partial charge is 0.364 e. The van der Waals surface area contributed by atoms with Gasteiger partial charge in [0.1, 0.15) is 11.4 Å². The van der Waals surface area contributed by atoms with Gasteiger partial charge in [-0.15, -0.1) is 0 Å². The van der Waals surface area contributed by atoms with Crippen molar-refractivity contribution < 1.29 is 18.0 Å². The second-order valence-corrected chi connectivity index (χ2v) is 7.25. The third-order valence-corrected chi connectivity index (χ3v) is 5.00. The molecule has 0 atom stereocenters. The molecule has 0 radical (unpaired) electrons. The Morgan fingerprint density at radius 1 is 1.27 bits per heavy atom. The van der Waals surface area contributed by atoms with Crippen LogP contribution >= 0.6 is 0 Å². The van der Waals surface area contributed by atoms with Crippen molar-refractivity contribution in [2.45, 2.75) is 32.6 Å². The molecule has 0 bridgehead atoms. The number of aromatic nitrogens is 4. The molecule has 0 spiro atoms. The van der Waals surface area contributed by atoms with Crippen LogP contribution in [0.3, 0.4) is 0 Å². The van der Waals surface area contributed by atoms with Crippen LogP contribution < -0.4 is 5.73 Å². The molecule has 3 aromatic heterocycles. The third-order valence-electron chi connectivity index (χ3n) is 5.00. The van der Waals surface area contributed by atoms with Gasteiger partial charge < -0.3 is 10.3 Å². The normalized spacial score (nSPS) is 14.5. The van der Waals surface area contributed by atoms with E-state index in [-0.39, 0.29) is 5.69 Å². The van der Waals surface area contributed by atoms with Crippen molar-refractivity contribution in [1.82, 2.24) is 24.4 Å². The van der Waals surface area contributed by atoms with Gasteiger partial charge in [0.05, 0.1) is 23.4 Å². The van der Waals surface area contributed by atoms with Gasteiger partial charge >= 0.3 is 6.18 Å². The Bertz CT molecular complexity index is 1110. The van der Waals surface area contributed by atoms with E-state index in [4.69, 9.17) is 5.73 Å². The van der Waals surface area contributed by atoms with Gasteiger partial charge in [-0.25, -0.2) is 9.97 Å². The van der Waals surface area contributed by atoms with E-state index in [9.17, 15) is 18.0 Å². The molecule has 0 saturated heterocycles. The maximum Gasteiger partial charge on any atom is 0.433 e. The van der Waals surface area contributed by atoms with Gasteiger partial charge in [0.25, 0.3) is 5.91 Å². The number of halogens is 3. The first kappa shape index (κ1) is 20.0. The number of amides is 1. The first-order chi connectivity index (χ1) is 14.2. The van der Waals surface area contributed by atoms with Gasteiger partial charge in [-0.2, -0.15) is 13.2 Å². The minimum Gasteiger partial charge on any atom is -0.364 e. The molecule has 156 valence electrons. The van der Waals surface area contributed by atoms with Crippen LogP contribution in [0, 0.1) is 6.92 Å². The number of primary amides is 1. The van der Waals surface area contributed by atoms with Crippen molar-refractivity contribution >= 4 is 5.91 Å². The summed E-state index contributed by atoms with van der Waals surface area (Å²) in [5, 5.41) is 0. The van der Waals surface area contributed by atoms with Crippen LogP contribution in [0.1, 0.15) is 38.7 Å². The minimum atomic E-state index is -4.49. The van der Waals surface area contributed by atoms with Gasteiger partial charge in [-0.3, -0.25) is 14.7 Å². The number of carbonyl (C=O) groups is 1. The maximum absolute atomic E-state index is 12.9. The molecule has 0 saturated carbocycles. The van der Waals surface area contributed by atoms with Crippen LogP contribution in [0.2, 0.25) is 0 Å². The number of alkyl halides is 3. The lowest BCUT2D eigenvalue weighted by molar-refractivity contribution is -0.141. The fourth-order valence-electron chi connectivity index (χ4n) is 3.60. The number of rotatable bonds is 4. The largest absolute Gasteiger partial charge is 0.433 e. The molecule has 0 unspecified atom stereocenters. The van der Waals surface area contributed by atoms with Crippen LogP contribution in [0.4, 0.5) is 13.2 Å². The number of fused-ring (bicyclic) bond motifs is 1. The zero-order chi connectivity index (χ0) is 21.5. The molecular weight excluding hydrogens is 397 g/mol. The number of imidazole rings is 1. The lowest BCUT2D eigenvalue weighted by Crippen LogP contribution is -2.32. The Morgan fingerprint density at radius 3 is 2.73 bits per heavy atom. The second-order valence-electron chi connectivity index (χ2n) is 7.25. The molecule has 0 fully saturated rings. The first-order valence-corrected chi connectivity index (χ1v) is 9.29. The molecule has 0 aromatic carbocycles. The number of carbonyl (C=O) groups excluding carboxylic acids is 1. The fourth-order valence-corrected chi connectivity index (χ4v) is 3.60. The van der Waals surface area contributed by atoms with E-state index in [1.54, 1.807) is 18.5 Å². The molecular formula is C20H19F3N6O. The molecule has 2 N–H and O–H groups in total. The predicted octanol–water partition coefficient (Wildman–Crippen LogP) is 2.65. The molecule has 3 aromatic rings. The van der Waals surface area contributed by atoms with Gasteiger partial charge in [0.15, 0.2) is 0 Å². The van der Waals surface area contributed by atoms with Crippen LogP contribution in [-0.4, -0.2) is 36.9 Å². The van der Waals surface area contributed by atoms with Gasteiger partial charge in [-0.05, 0) is 37.1 Å². The van der Waals surface area contributed by atoms with Crippen molar-refractivity contribution in [3.05, 3.63) is 70.8 Å². The van der Waals surface area contributed by atoms with Crippen LogP contribution in [0.5, 0.6) is 0 Å². The topological polar surface area (TPSA) is 89.9 Å². The molecule has 4 heterocycles. The zero-order valence-electron chi connectivity index (χ0n) is 16.1.